The number of benzene rings is 1. The molecule has 0 aromatic heterocycles. The van der Waals surface area contributed by atoms with Gasteiger partial charge in [-0.3, -0.25) is 0 Å². The van der Waals surface area contributed by atoms with E-state index in [2.05, 4.69) is 5.32 Å². The minimum absolute atomic E-state index is 0.0253. The van der Waals surface area contributed by atoms with Crippen LogP contribution < -0.4 is 15.8 Å². The Morgan fingerprint density at radius 3 is 2.90 bits per heavy atom. The molecule has 1 fully saturated rings. The van der Waals surface area contributed by atoms with E-state index in [0.717, 1.165) is 0 Å². The molecule has 1 unspecified atom stereocenters. The summed E-state index contributed by atoms with van der Waals surface area (Å²) in [6, 6.07) is 2.84. The standard InChI is InChI=1S/C14H21FN2O3/c1-9(2)20-14-6-13(12(16)5-11(14)15)17-7-10-8-18-3-4-19-10/h5-6,9-10,17H,3-4,7-8,16H2,1-2H3. The molecule has 1 aromatic rings. The van der Waals surface area contributed by atoms with Crippen molar-refractivity contribution in [1.82, 2.24) is 0 Å². The van der Waals surface area contributed by atoms with Gasteiger partial charge in [0, 0.05) is 18.7 Å². The van der Waals surface area contributed by atoms with Crippen LogP contribution in [0.1, 0.15) is 13.8 Å². The average Bonchev–Trinajstić information content (AvgIpc) is 2.41. The van der Waals surface area contributed by atoms with Gasteiger partial charge in [-0.15, -0.1) is 0 Å². The number of rotatable bonds is 5. The SMILES string of the molecule is CC(C)Oc1cc(NCC2COCCO2)c(N)cc1F. The third-order valence-electron chi connectivity index (χ3n) is 2.87. The Labute approximate surface area is 118 Å². The lowest BCUT2D eigenvalue weighted by Gasteiger charge is -2.24. The van der Waals surface area contributed by atoms with Crippen LogP contribution in [0.25, 0.3) is 0 Å². The highest BCUT2D eigenvalue weighted by Crippen LogP contribution is 2.29. The Bertz CT molecular complexity index is 448. The second-order valence-corrected chi connectivity index (χ2v) is 4.99. The zero-order valence-electron chi connectivity index (χ0n) is 11.8. The van der Waals surface area contributed by atoms with Gasteiger partial charge in [-0.25, -0.2) is 4.39 Å². The molecule has 1 atom stereocenters. The summed E-state index contributed by atoms with van der Waals surface area (Å²) in [4.78, 5) is 0. The van der Waals surface area contributed by atoms with Gasteiger partial charge in [-0.2, -0.15) is 0 Å². The van der Waals surface area contributed by atoms with Crippen molar-refractivity contribution in [1.29, 1.82) is 0 Å². The van der Waals surface area contributed by atoms with Crippen molar-refractivity contribution in [2.24, 2.45) is 0 Å². The lowest BCUT2D eigenvalue weighted by Crippen LogP contribution is -2.34. The number of ether oxygens (including phenoxy) is 3. The molecule has 0 bridgehead atoms. The van der Waals surface area contributed by atoms with Crippen LogP contribution in [0.2, 0.25) is 0 Å². The van der Waals surface area contributed by atoms with Crippen molar-refractivity contribution in [3.8, 4) is 5.75 Å². The molecule has 1 aliphatic heterocycles. The Balaban J connectivity index is 2.02. The van der Waals surface area contributed by atoms with Crippen LogP contribution in [-0.2, 0) is 9.47 Å². The number of anilines is 2. The first-order valence-corrected chi connectivity index (χ1v) is 6.75. The zero-order chi connectivity index (χ0) is 14.5. The van der Waals surface area contributed by atoms with Gasteiger partial charge >= 0.3 is 0 Å². The fraction of sp³-hybridized carbons (Fsp3) is 0.571. The fourth-order valence-corrected chi connectivity index (χ4v) is 1.94. The van der Waals surface area contributed by atoms with Gasteiger partial charge < -0.3 is 25.3 Å². The summed E-state index contributed by atoms with van der Waals surface area (Å²) in [5, 5.41) is 3.15. The molecule has 20 heavy (non-hydrogen) atoms. The quantitative estimate of drug-likeness (QED) is 0.810. The van der Waals surface area contributed by atoms with Crippen molar-refractivity contribution in [3.63, 3.8) is 0 Å². The topological polar surface area (TPSA) is 65.7 Å². The maximum absolute atomic E-state index is 13.7. The largest absolute Gasteiger partial charge is 0.488 e. The van der Waals surface area contributed by atoms with Gasteiger partial charge in [0.2, 0.25) is 0 Å². The molecule has 0 saturated carbocycles. The van der Waals surface area contributed by atoms with E-state index in [1.165, 1.54) is 6.07 Å². The van der Waals surface area contributed by atoms with Gasteiger partial charge in [0.1, 0.15) is 0 Å². The first-order chi connectivity index (χ1) is 9.56. The van der Waals surface area contributed by atoms with E-state index in [9.17, 15) is 4.39 Å². The number of hydrogen-bond donors (Lipinski definition) is 2. The summed E-state index contributed by atoms with van der Waals surface area (Å²) in [7, 11) is 0. The highest BCUT2D eigenvalue weighted by molar-refractivity contribution is 5.68. The summed E-state index contributed by atoms with van der Waals surface area (Å²) >= 11 is 0. The smallest absolute Gasteiger partial charge is 0.167 e. The molecule has 1 saturated heterocycles. The van der Waals surface area contributed by atoms with Crippen molar-refractivity contribution in [2.75, 3.05) is 37.4 Å². The normalized spacial score (nSPS) is 19.1. The first-order valence-electron chi connectivity index (χ1n) is 6.75. The summed E-state index contributed by atoms with van der Waals surface area (Å²) in [6.45, 7) is 6.00. The first kappa shape index (κ1) is 14.9. The molecule has 0 spiro atoms. The number of halogens is 1. The van der Waals surface area contributed by atoms with Gasteiger partial charge in [0.05, 0.1) is 43.4 Å². The summed E-state index contributed by atoms with van der Waals surface area (Å²) in [5.74, 6) is -0.267. The molecular formula is C14H21FN2O3. The van der Waals surface area contributed by atoms with E-state index in [0.29, 0.717) is 37.7 Å². The zero-order valence-corrected chi connectivity index (χ0v) is 11.8. The molecule has 3 N–H and O–H groups in total. The highest BCUT2D eigenvalue weighted by Gasteiger charge is 2.16. The van der Waals surface area contributed by atoms with Crippen molar-refractivity contribution in [2.45, 2.75) is 26.1 Å². The van der Waals surface area contributed by atoms with Crippen LogP contribution in [0, 0.1) is 5.82 Å². The molecule has 0 radical (unpaired) electrons. The van der Waals surface area contributed by atoms with E-state index in [4.69, 9.17) is 19.9 Å². The minimum Gasteiger partial charge on any atom is -0.488 e. The Kier molecular flexibility index (Phi) is 5.03. The molecule has 0 amide bonds. The summed E-state index contributed by atoms with van der Waals surface area (Å²) in [6.07, 6.45) is -0.126. The lowest BCUT2D eigenvalue weighted by molar-refractivity contribution is -0.0818. The van der Waals surface area contributed by atoms with E-state index in [-0.39, 0.29) is 18.0 Å². The van der Waals surface area contributed by atoms with E-state index >= 15 is 0 Å². The van der Waals surface area contributed by atoms with Crippen LogP contribution in [0.15, 0.2) is 12.1 Å². The van der Waals surface area contributed by atoms with E-state index in [1.807, 2.05) is 13.8 Å². The lowest BCUT2D eigenvalue weighted by atomic mass is 10.2. The Hall–Kier alpha value is -1.53. The van der Waals surface area contributed by atoms with E-state index in [1.54, 1.807) is 6.07 Å². The summed E-state index contributed by atoms with van der Waals surface area (Å²) in [5.41, 5.74) is 6.78. The Morgan fingerprint density at radius 2 is 2.25 bits per heavy atom. The van der Waals surface area contributed by atoms with Crippen LogP contribution in [0.4, 0.5) is 15.8 Å². The molecule has 1 heterocycles. The minimum atomic E-state index is -0.459. The van der Waals surface area contributed by atoms with Gasteiger partial charge in [-0.1, -0.05) is 0 Å². The number of nitrogens with one attached hydrogen (secondary N) is 1. The predicted molar refractivity (Wildman–Crippen MR) is 75.6 cm³/mol. The average molecular weight is 284 g/mol. The molecular weight excluding hydrogens is 263 g/mol. The fourth-order valence-electron chi connectivity index (χ4n) is 1.94. The molecule has 6 heteroatoms. The molecule has 0 aliphatic carbocycles. The van der Waals surface area contributed by atoms with Crippen LogP contribution in [0.3, 0.4) is 0 Å². The molecule has 5 nitrogen and oxygen atoms in total. The molecule has 1 aromatic carbocycles. The maximum Gasteiger partial charge on any atom is 0.167 e. The van der Waals surface area contributed by atoms with Gasteiger partial charge in [-0.05, 0) is 13.8 Å². The number of hydrogen-bond acceptors (Lipinski definition) is 5. The monoisotopic (exact) mass is 284 g/mol. The number of nitrogen functional groups attached to an aromatic ring is 1. The van der Waals surface area contributed by atoms with Crippen molar-refractivity contribution < 1.29 is 18.6 Å². The van der Waals surface area contributed by atoms with Crippen LogP contribution in [0.5, 0.6) is 5.75 Å². The van der Waals surface area contributed by atoms with Gasteiger partial charge in [0.15, 0.2) is 11.6 Å². The second kappa shape index (κ2) is 6.76. The van der Waals surface area contributed by atoms with Gasteiger partial charge in [0.25, 0.3) is 0 Å². The third kappa shape index (κ3) is 3.98. The maximum atomic E-state index is 13.7. The van der Waals surface area contributed by atoms with Crippen LogP contribution in [-0.4, -0.2) is 38.6 Å². The molecule has 2 rings (SSSR count). The summed E-state index contributed by atoms with van der Waals surface area (Å²) < 4.78 is 30.0. The second-order valence-electron chi connectivity index (χ2n) is 4.99. The number of nitrogens with two attached hydrogens (primary N) is 1. The Morgan fingerprint density at radius 1 is 1.45 bits per heavy atom. The van der Waals surface area contributed by atoms with Crippen molar-refractivity contribution in [3.05, 3.63) is 17.9 Å². The highest BCUT2D eigenvalue weighted by atomic mass is 19.1. The molecule has 112 valence electrons. The third-order valence-corrected chi connectivity index (χ3v) is 2.87. The molecule has 1 aliphatic rings. The predicted octanol–water partition coefficient (Wildman–Crippen LogP) is 2.02. The van der Waals surface area contributed by atoms with Crippen LogP contribution >= 0.6 is 0 Å². The van der Waals surface area contributed by atoms with Crippen molar-refractivity contribution >= 4 is 11.4 Å². The van der Waals surface area contributed by atoms with E-state index < -0.39 is 5.82 Å².